The predicted molar refractivity (Wildman–Crippen MR) is 69.0 cm³/mol. The molecule has 1 atom stereocenters. The predicted octanol–water partition coefficient (Wildman–Crippen LogP) is 0.113. The van der Waals surface area contributed by atoms with Crippen LogP contribution >= 0.6 is 0 Å². The Morgan fingerprint density at radius 2 is 2.06 bits per heavy atom. The van der Waals surface area contributed by atoms with E-state index in [4.69, 9.17) is 0 Å². The maximum Gasteiger partial charge on any atom is 0.234 e. The second kappa shape index (κ2) is 6.18. The van der Waals surface area contributed by atoms with Crippen LogP contribution in [0.5, 0.6) is 0 Å². The molecule has 2 amide bonds. The van der Waals surface area contributed by atoms with E-state index in [9.17, 15) is 9.59 Å². The van der Waals surface area contributed by atoms with Gasteiger partial charge in [0.1, 0.15) is 0 Å². The van der Waals surface area contributed by atoms with E-state index in [1.807, 2.05) is 11.8 Å². The molecular weight excluding hydrogens is 230 g/mol. The molecule has 0 aromatic heterocycles. The van der Waals surface area contributed by atoms with Gasteiger partial charge in [0.15, 0.2) is 0 Å². The maximum atomic E-state index is 11.7. The largest absolute Gasteiger partial charge is 0.350 e. The molecule has 5 heteroatoms. The molecular formula is C13H23N3O2. The van der Waals surface area contributed by atoms with Gasteiger partial charge in [-0.1, -0.05) is 6.92 Å². The summed E-state index contributed by atoms with van der Waals surface area (Å²) in [6.45, 7) is 4.66. The lowest BCUT2D eigenvalue weighted by Crippen LogP contribution is -2.42. The highest BCUT2D eigenvalue weighted by Gasteiger charge is 2.26. The Kier molecular flexibility index (Phi) is 4.58. The van der Waals surface area contributed by atoms with Gasteiger partial charge in [-0.25, -0.2) is 0 Å². The van der Waals surface area contributed by atoms with Crippen molar-refractivity contribution < 1.29 is 9.59 Å². The topological polar surface area (TPSA) is 61.4 Å². The highest BCUT2D eigenvalue weighted by Crippen LogP contribution is 2.27. The molecule has 5 nitrogen and oxygen atoms in total. The highest BCUT2D eigenvalue weighted by atomic mass is 16.2. The van der Waals surface area contributed by atoms with Gasteiger partial charge in [-0.15, -0.1) is 0 Å². The molecule has 1 heterocycles. The minimum atomic E-state index is 0.0476. The van der Waals surface area contributed by atoms with Crippen LogP contribution in [0.2, 0.25) is 0 Å². The molecule has 1 unspecified atom stereocenters. The van der Waals surface area contributed by atoms with E-state index < -0.39 is 0 Å². The number of hydrogen-bond donors (Lipinski definition) is 2. The van der Waals surface area contributed by atoms with Crippen molar-refractivity contribution in [1.29, 1.82) is 0 Å². The van der Waals surface area contributed by atoms with Crippen molar-refractivity contribution >= 4 is 11.8 Å². The minimum absolute atomic E-state index is 0.0476. The third kappa shape index (κ3) is 3.98. The number of hydrogen-bond acceptors (Lipinski definition) is 3. The fraction of sp³-hybridized carbons (Fsp3) is 0.846. The Bertz CT molecular complexity index is 315. The lowest BCUT2D eigenvalue weighted by atomic mass is 10.2. The normalized spacial score (nSPS) is 23.2. The molecule has 0 aromatic rings. The second-order valence-corrected chi connectivity index (χ2v) is 5.32. The Labute approximate surface area is 108 Å². The molecule has 1 saturated carbocycles. The summed E-state index contributed by atoms with van der Waals surface area (Å²) in [4.78, 5) is 25.0. The number of carbonyl (C=O) groups is 2. The first kappa shape index (κ1) is 13.3. The molecule has 2 aliphatic rings. The number of nitrogens with one attached hydrogen (secondary N) is 2. The van der Waals surface area contributed by atoms with Gasteiger partial charge in [0.2, 0.25) is 11.8 Å². The first-order chi connectivity index (χ1) is 8.69. The average molecular weight is 253 g/mol. The molecule has 2 N–H and O–H groups in total. The van der Waals surface area contributed by atoms with Gasteiger partial charge in [0.25, 0.3) is 0 Å². The number of likely N-dealkylation sites (tertiary alicyclic amines) is 1. The van der Waals surface area contributed by atoms with Crippen molar-refractivity contribution in [3.63, 3.8) is 0 Å². The Balaban J connectivity index is 1.60. The van der Waals surface area contributed by atoms with Crippen molar-refractivity contribution in [2.24, 2.45) is 5.92 Å². The van der Waals surface area contributed by atoms with Crippen LogP contribution in [0, 0.1) is 5.92 Å². The van der Waals surface area contributed by atoms with Gasteiger partial charge in [0.05, 0.1) is 6.54 Å². The maximum absolute atomic E-state index is 11.7. The van der Waals surface area contributed by atoms with Crippen LogP contribution in [0.25, 0.3) is 0 Å². The lowest BCUT2D eigenvalue weighted by Gasteiger charge is -2.16. The zero-order valence-corrected chi connectivity index (χ0v) is 11.1. The molecule has 1 aliphatic carbocycles. The van der Waals surface area contributed by atoms with Crippen molar-refractivity contribution in [3.8, 4) is 0 Å². The first-order valence-corrected chi connectivity index (χ1v) is 6.97. The van der Waals surface area contributed by atoms with Crippen LogP contribution in [0.4, 0.5) is 0 Å². The van der Waals surface area contributed by atoms with E-state index in [1.54, 1.807) is 0 Å². The molecule has 1 saturated heterocycles. The van der Waals surface area contributed by atoms with Crippen LogP contribution < -0.4 is 10.6 Å². The third-order valence-corrected chi connectivity index (χ3v) is 3.62. The third-order valence-electron chi connectivity index (χ3n) is 3.62. The molecule has 0 spiro atoms. The molecule has 2 rings (SSSR count). The Morgan fingerprint density at radius 3 is 2.72 bits per heavy atom. The number of rotatable bonds is 6. The molecule has 2 fully saturated rings. The highest BCUT2D eigenvalue weighted by molar-refractivity contribution is 5.79. The average Bonchev–Trinajstić information content (AvgIpc) is 3.06. The zero-order valence-electron chi connectivity index (χ0n) is 11.1. The summed E-state index contributed by atoms with van der Waals surface area (Å²) < 4.78 is 0. The van der Waals surface area contributed by atoms with Gasteiger partial charge in [-0.3, -0.25) is 9.59 Å². The fourth-order valence-electron chi connectivity index (χ4n) is 2.32. The van der Waals surface area contributed by atoms with Crippen molar-refractivity contribution in [3.05, 3.63) is 0 Å². The van der Waals surface area contributed by atoms with Gasteiger partial charge in [-0.2, -0.15) is 0 Å². The molecule has 102 valence electrons. The SMILES string of the molecule is CCC(=O)N1CCC(NC(=O)CNCC2CC2)C1. The standard InChI is InChI=1S/C13H23N3O2/c1-2-13(18)16-6-5-11(9-16)15-12(17)8-14-7-10-3-4-10/h10-11,14H,2-9H2,1H3,(H,15,17). The van der Waals surface area contributed by atoms with Crippen LogP contribution in [-0.2, 0) is 9.59 Å². The van der Waals surface area contributed by atoms with E-state index in [2.05, 4.69) is 10.6 Å². The van der Waals surface area contributed by atoms with E-state index in [1.165, 1.54) is 12.8 Å². The summed E-state index contributed by atoms with van der Waals surface area (Å²) >= 11 is 0. The Hall–Kier alpha value is -1.10. The molecule has 18 heavy (non-hydrogen) atoms. The summed E-state index contributed by atoms with van der Waals surface area (Å²) in [5.41, 5.74) is 0. The van der Waals surface area contributed by atoms with Crippen molar-refractivity contribution in [1.82, 2.24) is 15.5 Å². The smallest absolute Gasteiger partial charge is 0.234 e. The van der Waals surface area contributed by atoms with Gasteiger partial charge >= 0.3 is 0 Å². The molecule has 0 aromatic carbocycles. The van der Waals surface area contributed by atoms with E-state index in [0.29, 0.717) is 19.5 Å². The second-order valence-electron chi connectivity index (χ2n) is 5.32. The molecule has 0 bridgehead atoms. The summed E-state index contributed by atoms with van der Waals surface area (Å²) in [5, 5.41) is 6.16. The summed E-state index contributed by atoms with van der Waals surface area (Å²) in [5.74, 6) is 1.02. The molecule has 0 radical (unpaired) electrons. The first-order valence-electron chi connectivity index (χ1n) is 6.97. The fourth-order valence-corrected chi connectivity index (χ4v) is 2.32. The number of carbonyl (C=O) groups excluding carboxylic acids is 2. The Morgan fingerprint density at radius 1 is 1.28 bits per heavy atom. The van der Waals surface area contributed by atoms with Crippen molar-refractivity contribution in [2.75, 3.05) is 26.2 Å². The lowest BCUT2D eigenvalue weighted by molar-refractivity contribution is -0.130. The summed E-state index contributed by atoms with van der Waals surface area (Å²) in [6, 6.07) is 0.135. The van der Waals surface area contributed by atoms with Gasteiger partial charge in [0, 0.05) is 25.6 Å². The van der Waals surface area contributed by atoms with E-state index in [0.717, 1.165) is 25.4 Å². The van der Waals surface area contributed by atoms with Crippen LogP contribution in [0.15, 0.2) is 0 Å². The zero-order chi connectivity index (χ0) is 13.0. The van der Waals surface area contributed by atoms with Crippen molar-refractivity contribution in [2.45, 2.75) is 38.6 Å². The van der Waals surface area contributed by atoms with Crippen LogP contribution in [-0.4, -0.2) is 48.9 Å². The number of amides is 2. The summed E-state index contributed by atoms with van der Waals surface area (Å²) in [7, 11) is 0. The van der Waals surface area contributed by atoms with Gasteiger partial charge < -0.3 is 15.5 Å². The quantitative estimate of drug-likeness (QED) is 0.706. The van der Waals surface area contributed by atoms with Crippen LogP contribution in [0.3, 0.4) is 0 Å². The van der Waals surface area contributed by atoms with E-state index >= 15 is 0 Å². The van der Waals surface area contributed by atoms with Gasteiger partial charge in [-0.05, 0) is 31.7 Å². The van der Waals surface area contributed by atoms with E-state index in [-0.39, 0.29) is 17.9 Å². The summed E-state index contributed by atoms with van der Waals surface area (Å²) in [6.07, 6.45) is 4.01. The number of nitrogens with zero attached hydrogens (tertiary/aromatic N) is 1. The minimum Gasteiger partial charge on any atom is -0.350 e. The monoisotopic (exact) mass is 253 g/mol. The van der Waals surface area contributed by atoms with Crippen LogP contribution in [0.1, 0.15) is 32.6 Å². The molecule has 1 aliphatic heterocycles.